The van der Waals surface area contributed by atoms with Gasteiger partial charge in [0.15, 0.2) is 11.5 Å². The second kappa shape index (κ2) is 9.20. The lowest BCUT2D eigenvalue weighted by atomic mass is 10.1. The first kappa shape index (κ1) is 20.9. The molecule has 0 saturated carbocycles. The average Bonchev–Trinajstić information content (AvgIpc) is 3.04. The molecule has 30 heavy (non-hydrogen) atoms. The second-order valence-electron chi connectivity index (χ2n) is 6.54. The monoisotopic (exact) mass is 499 g/mol. The second-order valence-corrected chi connectivity index (χ2v) is 9.12. The number of carbonyl (C=O) groups excluding carboxylic acids is 1. The van der Waals surface area contributed by atoms with Crippen molar-refractivity contribution in [3.8, 4) is 11.5 Å². The summed E-state index contributed by atoms with van der Waals surface area (Å²) in [6.45, 7) is 2.83. The van der Waals surface area contributed by atoms with E-state index in [0.717, 1.165) is 21.0 Å². The Hall–Kier alpha value is -2.35. The van der Waals surface area contributed by atoms with Crippen LogP contribution in [0.3, 0.4) is 0 Å². The molecule has 1 aliphatic heterocycles. The highest BCUT2D eigenvalue weighted by molar-refractivity contribution is 9.10. The molecule has 1 aliphatic rings. The molecule has 1 heterocycles. The summed E-state index contributed by atoms with van der Waals surface area (Å²) in [5.74, 6) is 1.06. The molecule has 1 fully saturated rings. The van der Waals surface area contributed by atoms with Crippen LogP contribution in [0, 0.1) is 0 Å². The minimum absolute atomic E-state index is 0.185. The number of thioether (sulfide) groups is 1. The fraction of sp³-hybridized carbons (Fsp3) is 0.130. The molecule has 1 saturated heterocycles. The van der Waals surface area contributed by atoms with Gasteiger partial charge in [-0.2, -0.15) is 0 Å². The normalized spacial score (nSPS) is 14.9. The number of benzene rings is 3. The van der Waals surface area contributed by atoms with Gasteiger partial charge in [-0.25, -0.2) is 0 Å². The first-order valence-electron chi connectivity index (χ1n) is 9.36. The highest BCUT2D eigenvalue weighted by Crippen LogP contribution is 2.39. The van der Waals surface area contributed by atoms with E-state index in [9.17, 15) is 4.79 Å². The summed E-state index contributed by atoms with van der Waals surface area (Å²) in [7, 11) is 0. The summed E-state index contributed by atoms with van der Waals surface area (Å²) >= 11 is 9.91. The van der Waals surface area contributed by atoms with Gasteiger partial charge in [-0.15, -0.1) is 0 Å². The number of amides is 1. The lowest BCUT2D eigenvalue weighted by molar-refractivity contribution is -0.115. The SMILES string of the molecule is CCOc1cc(/C=C2/SC(=S)NC2=O)cc(Br)c1OCc1cccc2ccccc12. The molecule has 1 N–H and O–H groups in total. The van der Waals surface area contributed by atoms with Crippen molar-refractivity contribution in [2.75, 3.05) is 6.61 Å². The van der Waals surface area contributed by atoms with Gasteiger partial charge < -0.3 is 14.8 Å². The van der Waals surface area contributed by atoms with Gasteiger partial charge in [0.1, 0.15) is 10.9 Å². The van der Waals surface area contributed by atoms with Gasteiger partial charge in [0.05, 0.1) is 16.0 Å². The van der Waals surface area contributed by atoms with Gasteiger partial charge in [0.25, 0.3) is 5.91 Å². The van der Waals surface area contributed by atoms with E-state index < -0.39 is 0 Å². The average molecular weight is 500 g/mol. The molecule has 7 heteroatoms. The van der Waals surface area contributed by atoms with Crippen molar-refractivity contribution in [3.63, 3.8) is 0 Å². The van der Waals surface area contributed by atoms with Gasteiger partial charge >= 0.3 is 0 Å². The Kier molecular flexibility index (Phi) is 6.41. The molecular formula is C23H18BrNO3S2. The molecule has 3 aromatic rings. The molecule has 0 unspecified atom stereocenters. The van der Waals surface area contributed by atoms with E-state index in [0.29, 0.717) is 33.9 Å². The van der Waals surface area contributed by atoms with Crippen LogP contribution < -0.4 is 14.8 Å². The van der Waals surface area contributed by atoms with Crippen LogP contribution >= 0.6 is 39.9 Å². The van der Waals surface area contributed by atoms with Crippen molar-refractivity contribution >= 4 is 67.0 Å². The third-order valence-corrected chi connectivity index (χ3v) is 6.28. The maximum absolute atomic E-state index is 12.0. The Morgan fingerprint density at radius 1 is 1.13 bits per heavy atom. The zero-order chi connectivity index (χ0) is 21.1. The molecule has 0 aliphatic carbocycles. The van der Waals surface area contributed by atoms with E-state index in [1.165, 1.54) is 17.1 Å². The molecule has 4 rings (SSSR count). The van der Waals surface area contributed by atoms with Crippen molar-refractivity contribution < 1.29 is 14.3 Å². The van der Waals surface area contributed by atoms with Gasteiger partial charge in [-0.3, -0.25) is 4.79 Å². The number of rotatable bonds is 6. The lowest BCUT2D eigenvalue weighted by Gasteiger charge is -2.15. The van der Waals surface area contributed by atoms with Crippen molar-refractivity contribution in [2.45, 2.75) is 13.5 Å². The predicted octanol–water partition coefficient (Wildman–Crippen LogP) is 6.07. The largest absolute Gasteiger partial charge is 0.490 e. The molecule has 3 aromatic carbocycles. The Bertz CT molecular complexity index is 1170. The first-order chi connectivity index (χ1) is 14.5. The Balaban J connectivity index is 1.63. The third-order valence-electron chi connectivity index (χ3n) is 4.52. The summed E-state index contributed by atoms with van der Waals surface area (Å²) in [5.41, 5.74) is 1.92. The first-order valence-corrected chi connectivity index (χ1v) is 11.4. The van der Waals surface area contributed by atoms with E-state index >= 15 is 0 Å². The Labute approximate surface area is 192 Å². The number of fused-ring (bicyclic) bond motifs is 1. The highest BCUT2D eigenvalue weighted by Gasteiger charge is 2.22. The number of hydrogen-bond acceptors (Lipinski definition) is 5. The zero-order valence-corrected chi connectivity index (χ0v) is 19.3. The zero-order valence-electron chi connectivity index (χ0n) is 16.1. The fourth-order valence-corrected chi connectivity index (χ4v) is 4.83. The van der Waals surface area contributed by atoms with Gasteiger partial charge in [-0.1, -0.05) is 66.4 Å². The molecule has 0 atom stereocenters. The number of halogens is 1. The van der Waals surface area contributed by atoms with Crippen molar-refractivity contribution in [3.05, 3.63) is 75.1 Å². The minimum Gasteiger partial charge on any atom is -0.490 e. The molecule has 0 bridgehead atoms. The van der Waals surface area contributed by atoms with Crippen molar-refractivity contribution in [1.82, 2.24) is 5.32 Å². The molecular weight excluding hydrogens is 482 g/mol. The molecule has 4 nitrogen and oxygen atoms in total. The molecule has 152 valence electrons. The highest BCUT2D eigenvalue weighted by atomic mass is 79.9. The van der Waals surface area contributed by atoms with E-state index in [2.05, 4.69) is 45.5 Å². The third kappa shape index (κ3) is 4.53. The number of ether oxygens (including phenoxy) is 2. The van der Waals surface area contributed by atoms with Crippen LogP contribution in [0.2, 0.25) is 0 Å². The molecule has 0 radical (unpaired) electrons. The van der Waals surface area contributed by atoms with Crippen molar-refractivity contribution in [2.24, 2.45) is 0 Å². The summed E-state index contributed by atoms with van der Waals surface area (Å²) in [6, 6.07) is 18.2. The van der Waals surface area contributed by atoms with Gasteiger partial charge in [-0.05, 0) is 63.0 Å². The van der Waals surface area contributed by atoms with Gasteiger partial charge in [0.2, 0.25) is 0 Å². The summed E-state index contributed by atoms with van der Waals surface area (Å²) in [4.78, 5) is 12.5. The number of hydrogen-bond donors (Lipinski definition) is 1. The summed E-state index contributed by atoms with van der Waals surface area (Å²) in [6.07, 6.45) is 1.79. The lowest BCUT2D eigenvalue weighted by Crippen LogP contribution is -2.17. The predicted molar refractivity (Wildman–Crippen MR) is 130 cm³/mol. The molecule has 0 aromatic heterocycles. The smallest absolute Gasteiger partial charge is 0.263 e. The summed E-state index contributed by atoms with van der Waals surface area (Å²) < 4.78 is 13.2. The number of thiocarbonyl (C=S) groups is 1. The Morgan fingerprint density at radius 2 is 1.93 bits per heavy atom. The van der Waals surface area contributed by atoms with Crippen LogP contribution in [0.5, 0.6) is 11.5 Å². The topological polar surface area (TPSA) is 47.6 Å². The van der Waals surface area contributed by atoms with Crippen LogP contribution in [0.25, 0.3) is 16.8 Å². The standard InChI is InChI=1S/C23H18BrNO3S2/c1-2-27-19-11-14(12-20-22(26)25-23(29)30-20)10-18(24)21(19)28-13-16-8-5-7-15-6-3-4-9-17(15)16/h3-12H,2,13H2,1H3,(H,25,26,29)/b20-12+. The van der Waals surface area contributed by atoms with E-state index in [-0.39, 0.29) is 5.91 Å². The maximum atomic E-state index is 12.0. The minimum atomic E-state index is -0.185. The van der Waals surface area contributed by atoms with E-state index in [4.69, 9.17) is 21.7 Å². The quantitative estimate of drug-likeness (QED) is 0.329. The number of carbonyl (C=O) groups is 1. The van der Waals surface area contributed by atoms with Crippen LogP contribution in [0.15, 0.2) is 64.0 Å². The van der Waals surface area contributed by atoms with E-state index in [1.807, 2.05) is 37.3 Å². The van der Waals surface area contributed by atoms with Gasteiger partial charge in [0, 0.05) is 0 Å². The summed E-state index contributed by atoms with van der Waals surface area (Å²) in [5, 5.41) is 4.96. The fourth-order valence-electron chi connectivity index (χ4n) is 3.21. The number of nitrogens with one attached hydrogen (secondary N) is 1. The van der Waals surface area contributed by atoms with Crippen LogP contribution in [-0.2, 0) is 11.4 Å². The van der Waals surface area contributed by atoms with Crippen molar-refractivity contribution in [1.29, 1.82) is 0 Å². The van der Waals surface area contributed by atoms with E-state index in [1.54, 1.807) is 6.08 Å². The maximum Gasteiger partial charge on any atom is 0.263 e. The molecule has 1 amide bonds. The Morgan fingerprint density at radius 3 is 2.70 bits per heavy atom. The van der Waals surface area contributed by atoms with Crippen LogP contribution in [0.4, 0.5) is 0 Å². The van der Waals surface area contributed by atoms with Crippen LogP contribution in [0.1, 0.15) is 18.1 Å². The van der Waals surface area contributed by atoms with Crippen LogP contribution in [-0.4, -0.2) is 16.8 Å². The molecule has 0 spiro atoms.